The van der Waals surface area contributed by atoms with Gasteiger partial charge in [0.15, 0.2) is 6.61 Å². The Morgan fingerprint density at radius 3 is 2.10 bits per heavy atom. The number of ether oxygens (including phenoxy) is 1. The number of imide groups is 1. The van der Waals surface area contributed by atoms with Crippen molar-refractivity contribution in [1.29, 1.82) is 0 Å². The molecule has 0 fully saturated rings. The fourth-order valence-corrected chi connectivity index (χ4v) is 2.50. The largest absolute Gasteiger partial charge is 0.452 e. The maximum atomic E-state index is 12.7. The predicted octanol–water partition coefficient (Wildman–Crippen LogP) is 4.15. The maximum absolute atomic E-state index is 12.7. The first-order valence-electron chi connectivity index (χ1n) is 8.92. The zero-order chi connectivity index (χ0) is 22.5. The Balaban J connectivity index is 2.07. The normalized spacial score (nSPS) is 11.5. The molecule has 0 unspecified atom stereocenters. The van der Waals surface area contributed by atoms with Crippen LogP contribution in [0.2, 0.25) is 0 Å². The summed E-state index contributed by atoms with van der Waals surface area (Å²) < 4.78 is 43.2. The number of amides is 3. The summed E-state index contributed by atoms with van der Waals surface area (Å²) in [6.45, 7) is 4.50. The summed E-state index contributed by atoms with van der Waals surface area (Å²) >= 11 is 0. The van der Waals surface area contributed by atoms with Crippen LogP contribution in [0.1, 0.15) is 36.7 Å². The van der Waals surface area contributed by atoms with E-state index >= 15 is 0 Å². The number of carbonyl (C=O) groups excluding carboxylic acids is 3. The van der Waals surface area contributed by atoms with E-state index in [9.17, 15) is 27.6 Å². The maximum Gasteiger partial charge on any atom is 0.416 e. The van der Waals surface area contributed by atoms with E-state index in [4.69, 9.17) is 4.74 Å². The van der Waals surface area contributed by atoms with Gasteiger partial charge in [0.1, 0.15) is 0 Å². The first-order valence-corrected chi connectivity index (χ1v) is 8.92. The van der Waals surface area contributed by atoms with Gasteiger partial charge in [-0.15, -0.1) is 0 Å². The highest BCUT2D eigenvalue weighted by Gasteiger charge is 2.30. The van der Waals surface area contributed by atoms with E-state index in [-0.39, 0.29) is 5.56 Å². The van der Waals surface area contributed by atoms with Gasteiger partial charge in [-0.2, -0.15) is 13.2 Å². The standard InChI is InChI=1S/C21H21F3N2O4/c1-20(2,3)26-19(29)25-17(27)12-30-18(28)16-7-5-4-6-15(16)13-8-10-14(11-9-13)21(22,23)24/h4-11H,12H2,1-3H3,(H2,25,26,27,29). The Morgan fingerprint density at radius 2 is 1.53 bits per heavy atom. The zero-order valence-electron chi connectivity index (χ0n) is 16.6. The molecule has 160 valence electrons. The molecule has 0 aliphatic carbocycles. The number of rotatable bonds is 4. The Morgan fingerprint density at radius 1 is 0.933 bits per heavy atom. The fourth-order valence-electron chi connectivity index (χ4n) is 2.50. The summed E-state index contributed by atoms with van der Waals surface area (Å²) in [7, 11) is 0. The van der Waals surface area contributed by atoms with E-state index in [0.29, 0.717) is 11.1 Å². The van der Waals surface area contributed by atoms with Gasteiger partial charge in [-0.05, 0) is 50.1 Å². The van der Waals surface area contributed by atoms with Crippen LogP contribution in [-0.4, -0.2) is 30.1 Å². The van der Waals surface area contributed by atoms with E-state index in [1.54, 1.807) is 39.0 Å². The van der Waals surface area contributed by atoms with Crippen molar-refractivity contribution in [2.75, 3.05) is 6.61 Å². The third-order valence-corrected chi connectivity index (χ3v) is 3.75. The van der Waals surface area contributed by atoms with Crippen molar-refractivity contribution >= 4 is 17.9 Å². The lowest BCUT2D eigenvalue weighted by Crippen LogP contribution is -2.49. The molecule has 6 nitrogen and oxygen atoms in total. The number of carbonyl (C=O) groups is 3. The Kier molecular flexibility index (Phi) is 6.86. The molecule has 0 spiro atoms. The van der Waals surface area contributed by atoms with Crippen LogP contribution in [0.15, 0.2) is 48.5 Å². The third-order valence-electron chi connectivity index (χ3n) is 3.75. The molecule has 0 aliphatic heterocycles. The van der Waals surface area contributed by atoms with Gasteiger partial charge in [-0.1, -0.05) is 30.3 Å². The van der Waals surface area contributed by atoms with Crippen LogP contribution in [0.5, 0.6) is 0 Å². The average molecular weight is 422 g/mol. The summed E-state index contributed by atoms with van der Waals surface area (Å²) in [5.74, 6) is -1.67. The molecule has 0 aromatic heterocycles. The monoisotopic (exact) mass is 422 g/mol. The van der Waals surface area contributed by atoms with E-state index in [1.807, 2.05) is 5.32 Å². The van der Waals surface area contributed by atoms with Crippen LogP contribution in [0.3, 0.4) is 0 Å². The van der Waals surface area contributed by atoms with Gasteiger partial charge in [0, 0.05) is 5.54 Å². The van der Waals surface area contributed by atoms with Crippen molar-refractivity contribution < 1.29 is 32.3 Å². The molecule has 0 heterocycles. The number of benzene rings is 2. The van der Waals surface area contributed by atoms with Crippen LogP contribution in [-0.2, 0) is 15.7 Å². The van der Waals surface area contributed by atoms with Crippen LogP contribution in [0.4, 0.5) is 18.0 Å². The van der Waals surface area contributed by atoms with Crippen molar-refractivity contribution in [3.05, 3.63) is 59.7 Å². The molecule has 0 saturated carbocycles. The highest BCUT2D eigenvalue weighted by Crippen LogP contribution is 2.32. The molecule has 0 aliphatic rings. The number of urea groups is 1. The summed E-state index contributed by atoms with van der Waals surface area (Å²) in [5.41, 5.74) is -0.561. The van der Waals surface area contributed by atoms with Crippen LogP contribution in [0, 0.1) is 0 Å². The molecule has 2 aromatic rings. The second kappa shape index (κ2) is 8.98. The van der Waals surface area contributed by atoms with Gasteiger partial charge < -0.3 is 10.1 Å². The Labute approximate surface area is 171 Å². The van der Waals surface area contributed by atoms with Gasteiger partial charge >= 0.3 is 18.2 Å². The van der Waals surface area contributed by atoms with Crippen molar-refractivity contribution in [3.63, 3.8) is 0 Å². The zero-order valence-corrected chi connectivity index (χ0v) is 16.6. The average Bonchev–Trinajstić information content (AvgIpc) is 2.64. The molecule has 2 N–H and O–H groups in total. The number of hydrogen-bond donors (Lipinski definition) is 2. The first kappa shape index (κ1) is 22.9. The van der Waals surface area contributed by atoms with Crippen molar-refractivity contribution in [2.45, 2.75) is 32.5 Å². The molecule has 3 amide bonds. The van der Waals surface area contributed by atoms with Gasteiger partial charge in [0.25, 0.3) is 5.91 Å². The first-order chi connectivity index (χ1) is 13.9. The molecule has 0 radical (unpaired) electrons. The number of halogens is 3. The lowest BCUT2D eigenvalue weighted by Gasteiger charge is -2.20. The highest BCUT2D eigenvalue weighted by atomic mass is 19.4. The van der Waals surface area contributed by atoms with Crippen molar-refractivity contribution in [3.8, 4) is 11.1 Å². The quantitative estimate of drug-likeness (QED) is 0.725. The smallest absolute Gasteiger partial charge is 0.416 e. The second-order valence-electron chi connectivity index (χ2n) is 7.45. The minimum Gasteiger partial charge on any atom is -0.452 e. The van der Waals surface area contributed by atoms with Crippen molar-refractivity contribution in [1.82, 2.24) is 10.6 Å². The van der Waals surface area contributed by atoms with Gasteiger partial charge in [0.2, 0.25) is 0 Å². The molecule has 9 heteroatoms. The van der Waals surface area contributed by atoms with Crippen LogP contribution in [0.25, 0.3) is 11.1 Å². The Hall–Kier alpha value is -3.36. The summed E-state index contributed by atoms with van der Waals surface area (Å²) in [6, 6.07) is 9.76. The van der Waals surface area contributed by atoms with Crippen molar-refractivity contribution in [2.24, 2.45) is 0 Å². The SMILES string of the molecule is CC(C)(C)NC(=O)NC(=O)COC(=O)c1ccccc1-c1ccc(C(F)(F)F)cc1. The fraction of sp³-hybridized carbons (Fsp3) is 0.286. The van der Waals surface area contributed by atoms with E-state index < -0.39 is 41.8 Å². The molecule has 0 bridgehead atoms. The second-order valence-corrected chi connectivity index (χ2v) is 7.45. The lowest BCUT2D eigenvalue weighted by atomic mass is 9.98. The third kappa shape index (κ3) is 6.61. The predicted molar refractivity (Wildman–Crippen MR) is 104 cm³/mol. The molecule has 30 heavy (non-hydrogen) atoms. The minimum absolute atomic E-state index is 0.0733. The molecule has 0 saturated heterocycles. The highest BCUT2D eigenvalue weighted by molar-refractivity contribution is 6.00. The Bertz CT molecular complexity index is 933. The van der Waals surface area contributed by atoms with E-state index in [1.165, 1.54) is 18.2 Å². The summed E-state index contributed by atoms with van der Waals surface area (Å²) in [4.78, 5) is 35.9. The molecular weight excluding hydrogens is 401 g/mol. The molecular formula is C21H21F3N2O4. The minimum atomic E-state index is -4.47. The van der Waals surface area contributed by atoms with E-state index in [0.717, 1.165) is 12.1 Å². The molecule has 2 aromatic carbocycles. The summed E-state index contributed by atoms with van der Waals surface area (Å²) in [6.07, 6.45) is -4.47. The molecule has 0 atom stereocenters. The molecule has 2 rings (SSSR count). The lowest BCUT2D eigenvalue weighted by molar-refractivity contribution is -0.137. The number of esters is 1. The van der Waals surface area contributed by atoms with Gasteiger partial charge in [-0.3, -0.25) is 10.1 Å². The van der Waals surface area contributed by atoms with Gasteiger partial charge in [0.05, 0.1) is 11.1 Å². The topological polar surface area (TPSA) is 84.5 Å². The summed E-state index contributed by atoms with van der Waals surface area (Å²) in [5, 5.41) is 4.56. The number of hydrogen-bond acceptors (Lipinski definition) is 4. The van der Waals surface area contributed by atoms with Gasteiger partial charge in [-0.25, -0.2) is 9.59 Å². The van der Waals surface area contributed by atoms with Crippen LogP contribution < -0.4 is 10.6 Å². The van der Waals surface area contributed by atoms with E-state index in [2.05, 4.69) is 5.32 Å². The number of nitrogens with one attached hydrogen (secondary N) is 2. The van der Waals surface area contributed by atoms with Crippen LogP contribution >= 0.6 is 0 Å². The number of alkyl halides is 3.